The molecular formula is C20H18N2O4. The van der Waals surface area contributed by atoms with Gasteiger partial charge >= 0.3 is 0 Å². The Hall–Kier alpha value is -3.54. The highest BCUT2D eigenvalue weighted by Crippen LogP contribution is 2.30. The fourth-order valence-corrected chi connectivity index (χ4v) is 2.36. The standard InChI is InChI=1S/C20H18N2O4/c1-24-16-8-4-3-7-15(16)20(23)22-14-11-12-19(21-13-14)26-18-10-6-5-9-17(18)25-2/h3-13H,1-2H3,(H,22,23). The molecule has 1 N–H and O–H groups in total. The van der Waals surface area contributed by atoms with Crippen LogP contribution in [0.2, 0.25) is 0 Å². The van der Waals surface area contributed by atoms with Crippen molar-refractivity contribution in [2.75, 3.05) is 19.5 Å². The van der Waals surface area contributed by atoms with E-state index < -0.39 is 0 Å². The van der Waals surface area contributed by atoms with Crippen LogP contribution in [0.1, 0.15) is 10.4 Å². The summed E-state index contributed by atoms with van der Waals surface area (Å²) in [7, 11) is 3.10. The van der Waals surface area contributed by atoms with Gasteiger partial charge in [0.1, 0.15) is 5.75 Å². The molecule has 2 aromatic carbocycles. The molecule has 0 aliphatic carbocycles. The number of nitrogens with zero attached hydrogens (tertiary/aromatic N) is 1. The lowest BCUT2D eigenvalue weighted by Gasteiger charge is -2.11. The summed E-state index contributed by atoms with van der Waals surface area (Å²) < 4.78 is 16.2. The molecule has 1 aromatic heterocycles. The molecule has 0 saturated heterocycles. The minimum atomic E-state index is -0.275. The van der Waals surface area contributed by atoms with E-state index in [1.807, 2.05) is 12.1 Å². The Labute approximate surface area is 151 Å². The van der Waals surface area contributed by atoms with E-state index >= 15 is 0 Å². The molecular weight excluding hydrogens is 332 g/mol. The van der Waals surface area contributed by atoms with Crippen molar-refractivity contribution >= 4 is 11.6 Å². The lowest BCUT2D eigenvalue weighted by molar-refractivity contribution is 0.102. The highest BCUT2D eigenvalue weighted by Gasteiger charge is 2.12. The second kappa shape index (κ2) is 8.02. The number of amides is 1. The van der Waals surface area contributed by atoms with E-state index in [1.165, 1.54) is 13.3 Å². The molecule has 0 atom stereocenters. The average molecular weight is 350 g/mol. The van der Waals surface area contributed by atoms with E-state index in [0.29, 0.717) is 34.4 Å². The van der Waals surface area contributed by atoms with Crippen LogP contribution in [0.15, 0.2) is 66.9 Å². The predicted octanol–water partition coefficient (Wildman–Crippen LogP) is 4.14. The molecule has 0 spiro atoms. The van der Waals surface area contributed by atoms with Gasteiger partial charge in [0, 0.05) is 6.07 Å². The molecule has 132 valence electrons. The molecule has 1 heterocycles. The first-order valence-corrected chi connectivity index (χ1v) is 7.92. The van der Waals surface area contributed by atoms with Gasteiger partial charge in [0.05, 0.1) is 31.7 Å². The molecule has 6 heteroatoms. The number of hydrogen-bond acceptors (Lipinski definition) is 5. The topological polar surface area (TPSA) is 69.7 Å². The van der Waals surface area contributed by atoms with Crippen LogP contribution in [0.3, 0.4) is 0 Å². The van der Waals surface area contributed by atoms with E-state index in [0.717, 1.165) is 0 Å². The fraction of sp³-hybridized carbons (Fsp3) is 0.100. The largest absolute Gasteiger partial charge is 0.496 e. The van der Waals surface area contributed by atoms with Crippen LogP contribution >= 0.6 is 0 Å². The molecule has 0 fully saturated rings. The Morgan fingerprint density at radius 1 is 0.846 bits per heavy atom. The molecule has 0 bridgehead atoms. The monoisotopic (exact) mass is 350 g/mol. The Bertz CT molecular complexity index is 894. The first kappa shape index (κ1) is 17.3. The number of pyridine rings is 1. The number of rotatable bonds is 6. The maximum atomic E-state index is 12.4. The Morgan fingerprint density at radius 3 is 2.15 bits per heavy atom. The van der Waals surface area contributed by atoms with Crippen LogP contribution in [0.4, 0.5) is 5.69 Å². The summed E-state index contributed by atoms with van der Waals surface area (Å²) in [5.74, 6) is 1.80. The van der Waals surface area contributed by atoms with E-state index in [1.54, 1.807) is 55.6 Å². The number of carbonyl (C=O) groups is 1. The number of para-hydroxylation sites is 3. The number of nitrogens with one attached hydrogen (secondary N) is 1. The summed E-state index contributed by atoms with van der Waals surface area (Å²) in [5, 5.41) is 2.78. The first-order chi connectivity index (χ1) is 12.7. The van der Waals surface area contributed by atoms with Crippen molar-refractivity contribution in [3.05, 3.63) is 72.4 Å². The number of methoxy groups -OCH3 is 2. The Balaban J connectivity index is 1.71. The van der Waals surface area contributed by atoms with Gasteiger partial charge in [-0.3, -0.25) is 4.79 Å². The zero-order valence-corrected chi connectivity index (χ0v) is 14.4. The highest BCUT2D eigenvalue weighted by molar-refractivity contribution is 6.06. The number of carbonyl (C=O) groups excluding carboxylic acids is 1. The van der Waals surface area contributed by atoms with Crippen LogP contribution in [-0.2, 0) is 0 Å². The van der Waals surface area contributed by atoms with Gasteiger partial charge in [0.2, 0.25) is 5.88 Å². The zero-order valence-electron chi connectivity index (χ0n) is 14.4. The molecule has 6 nitrogen and oxygen atoms in total. The summed E-state index contributed by atoms with van der Waals surface area (Å²) in [6, 6.07) is 17.7. The quantitative estimate of drug-likeness (QED) is 0.723. The normalized spacial score (nSPS) is 10.1. The summed E-state index contributed by atoms with van der Waals surface area (Å²) in [5.41, 5.74) is 0.998. The second-order valence-electron chi connectivity index (χ2n) is 5.29. The van der Waals surface area contributed by atoms with Crippen molar-refractivity contribution in [1.29, 1.82) is 0 Å². The van der Waals surface area contributed by atoms with Crippen molar-refractivity contribution in [1.82, 2.24) is 4.98 Å². The van der Waals surface area contributed by atoms with Gasteiger partial charge in [-0.1, -0.05) is 24.3 Å². The Kier molecular flexibility index (Phi) is 5.34. The SMILES string of the molecule is COc1ccccc1Oc1ccc(NC(=O)c2ccccc2OC)cn1. The molecule has 1 amide bonds. The third-order valence-electron chi connectivity index (χ3n) is 3.63. The number of ether oxygens (including phenoxy) is 3. The van der Waals surface area contributed by atoms with Crippen molar-refractivity contribution in [2.24, 2.45) is 0 Å². The lowest BCUT2D eigenvalue weighted by atomic mass is 10.2. The second-order valence-corrected chi connectivity index (χ2v) is 5.29. The molecule has 3 aromatic rings. The van der Waals surface area contributed by atoms with Gasteiger partial charge in [0.15, 0.2) is 11.5 Å². The van der Waals surface area contributed by atoms with Crippen LogP contribution in [0.5, 0.6) is 23.1 Å². The van der Waals surface area contributed by atoms with Gasteiger partial charge in [-0.15, -0.1) is 0 Å². The molecule has 0 unspecified atom stereocenters. The Morgan fingerprint density at radius 2 is 1.50 bits per heavy atom. The van der Waals surface area contributed by atoms with E-state index in [4.69, 9.17) is 14.2 Å². The summed E-state index contributed by atoms with van der Waals surface area (Å²) in [4.78, 5) is 16.6. The number of benzene rings is 2. The fourth-order valence-electron chi connectivity index (χ4n) is 2.36. The smallest absolute Gasteiger partial charge is 0.259 e. The summed E-state index contributed by atoms with van der Waals surface area (Å²) in [6.45, 7) is 0. The minimum absolute atomic E-state index is 0.275. The molecule has 0 aliphatic heterocycles. The molecule has 3 rings (SSSR count). The van der Waals surface area contributed by atoms with Gasteiger partial charge in [-0.25, -0.2) is 4.98 Å². The van der Waals surface area contributed by atoms with Crippen molar-refractivity contribution in [2.45, 2.75) is 0 Å². The molecule has 0 aliphatic rings. The molecule has 0 saturated carbocycles. The van der Waals surface area contributed by atoms with Gasteiger partial charge in [-0.2, -0.15) is 0 Å². The van der Waals surface area contributed by atoms with Crippen LogP contribution in [-0.4, -0.2) is 25.1 Å². The highest BCUT2D eigenvalue weighted by atomic mass is 16.5. The van der Waals surface area contributed by atoms with Crippen LogP contribution in [0.25, 0.3) is 0 Å². The number of anilines is 1. The minimum Gasteiger partial charge on any atom is -0.496 e. The van der Waals surface area contributed by atoms with Gasteiger partial charge < -0.3 is 19.5 Å². The maximum Gasteiger partial charge on any atom is 0.259 e. The third kappa shape index (κ3) is 3.92. The van der Waals surface area contributed by atoms with Crippen LogP contribution < -0.4 is 19.5 Å². The average Bonchev–Trinajstić information content (AvgIpc) is 2.69. The number of hydrogen-bond donors (Lipinski definition) is 1. The van der Waals surface area contributed by atoms with E-state index in [2.05, 4.69) is 10.3 Å². The zero-order chi connectivity index (χ0) is 18.4. The summed E-state index contributed by atoms with van der Waals surface area (Å²) in [6.07, 6.45) is 1.53. The van der Waals surface area contributed by atoms with E-state index in [-0.39, 0.29) is 5.91 Å². The van der Waals surface area contributed by atoms with Crippen molar-refractivity contribution in [3.63, 3.8) is 0 Å². The maximum absolute atomic E-state index is 12.4. The van der Waals surface area contributed by atoms with E-state index in [9.17, 15) is 4.79 Å². The molecule has 0 radical (unpaired) electrons. The van der Waals surface area contributed by atoms with Gasteiger partial charge in [-0.05, 0) is 30.3 Å². The number of aromatic nitrogens is 1. The first-order valence-electron chi connectivity index (χ1n) is 7.92. The summed E-state index contributed by atoms with van der Waals surface area (Å²) >= 11 is 0. The third-order valence-corrected chi connectivity index (χ3v) is 3.63. The molecule has 26 heavy (non-hydrogen) atoms. The lowest BCUT2D eigenvalue weighted by Crippen LogP contribution is -2.13. The predicted molar refractivity (Wildman–Crippen MR) is 98.3 cm³/mol. The van der Waals surface area contributed by atoms with Gasteiger partial charge in [0.25, 0.3) is 5.91 Å². The van der Waals surface area contributed by atoms with Crippen molar-refractivity contribution in [3.8, 4) is 23.1 Å². The van der Waals surface area contributed by atoms with Crippen molar-refractivity contribution < 1.29 is 19.0 Å². The van der Waals surface area contributed by atoms with Crippen LogP contribution in [0, 0.1) is 0 Å².